The van der Waals surface area contributed by atoms with Gasteiger partial charge in [-0.05, 0) is 23.3 Å². The van der Waals surface area contributed by atoms with Crippen LogP contribution >= 0.6 is 0 Å². The summed E-state index contributed by atoms with van der Waals surface area (Å²) in [5, 5.41) is 0. The second kappa shape index (κ2) is 13.9. The van der Waals surface area contributed by atoms with Gasteiger partial charge in [0.25, 0.3) is 0 Å². The summed E-state index contributed by atoms with van der Waals surface area (Å²) in [6.45, 7) is 0. The summed E-state index contributed by atoms with van der Waals surface area (Å²) in [4.78, 5) is 0. The predicted octanol–water partition coefficient (Wildman–Crippen LogP) is -4.86. The van der Waals surface area contributed by atoms with Crippen molar-refractivity contribution >= 4 is 40.8 Å². The summed E-state index contributed by atoms with van der Waals surface area (Å²) in [5.74, 6) is -0.512. The number of allylic oxidation sites excluding steroid dienone is 2. The normalized spacial score (nSPS) is 15.4. The van der Waals surface area contributed by atoms with Gasteiger partial charge >= 0.3 is 84.0 Å². The second-order valence-electron chi connectivity index (χ2n) is 8.54. The first kappa shape index (κ1) is 37.7. The molecule has 220 valence electrons. The minimum atomic E-state index is -6.87. The number of benzene rings is 3. The monoisotopic (exact) mass is 690 g/mol. The Bertz CT molecular complexity index is 1880. The van der Waals surface area contributed by atoms with Crippen LogP contribution < -0.4 is 63.3 Å². The fraction of sp³-hybridized carbons (Fsp3) is 0.130. The standard InChI is InChI=1S/C23H22N2O12S4.2Na/c26-38(27,28)23(39(29,30)31)24(40(32,33)34)21(16-18-10-4-1-5-11-18)22(17-19-12-6-2-7-13-19)25(23)41(35,36)37-20-14-8-3-9-15-20;;/h1-15H,16-17H2,(H,26,27,28)(H,29,30,31)(H,32,33,34);;/q;2*+1/p-2. The van der Waals surface area contributed by atoms with Crippen molar-refractivity contribution in [3.63, 3.8) is 0 Å². The van der Waals surface area contributed by atoms with E-state index in [1.54, 1.807) is 12.1 Å². The van der Waals surface area contributed by atoms with Gasteiger partial charge in [0, 0.05) is 12.8 Å². The molecule has 4 rings (SSSR count). The number of para-hydroxylation sites is 1. The Morgan fingerprint density at radius 2 is 0.953 bits per heavy atom. The molecule has 0 aromatic heterocycles. The van der Waals surface area contributed by atoms with Crippen molar-refractivity contribution in [3.05, 3.63) is 114 Å². The zero-order valence-corrected chi connectivity index (χ0v) is 29.8. The summed E-state index contributed by atoms with van der Waals surface area (Å²) in [5.41, 5.74) is -1.62. The van der Waals surface area contributed by atoms with Crippen molar-refractivity contribution in [3.8, 4) is 5.75 Å². The van der Waals surface area contributed by atoms with Crippen LogP contribution in [0.15, 0.2) is 102 Å². The van der Waals surface area contributed by atoms with Gasteiger partial charge in [-0.1, -0.05) is 78.9 Å². The van der Waals surface area contributed by atoms with E-state index >= 15 is 0 Å². The molecule has 1 aliphatic rings. The number of hydrogen-bond acceptors (Lipinski definition) is 11. The summed E-state index contributed by atoms with van der Waals surface area (Å²) >= 11 is 0. The van der Waals surface area contributed by atoms with E-state index in [0.29, 0.717) is 0 Å². The Morgan fingerprint density at radius 3 is 1.30 bits per heavy atom. The summed E-state index contributed by atoms with van der Waals surface area (Å²) in [6, 6.07) is 20.7. The van der Waals surface area contributed by atoms with Crippen molar-refractivity contribution in [1.29, 1.82) is 0 Å². The van der Waals surface area contributed by atoms with Crippen molar-refractivity contribution in [1.82, 2.24) is 8.61 Å². The van der Waals surface area contributed by atoms with E-state index in [-0.39, 0.29) is 70.2 Å². The molecule has 0 amide bonds. The van der Waals surface area contributed by atoms with E-state index in [1.165, 1.54) is 66.7 Å². The van der Waals surface area contributed by atoms with Crippen LogP contribution in [0.1, 0.15) is 11.1 Å². The van der Waals surface area contributed by atoms with Gasteiger partial charge in [0.15, 0.2) is 20.2 Å². The molecule has 0 unspecified atom stereocenters. The van der Waals surface area contributed by atoms with Crippen molar-refractivity contribution < 1.29 is 111 Å². The molecule has 1 aliphatic heterocycles. The van der Waals surface area contributed by atoms with Gasteiger partial charge in [-0.25, -0.2) is 16.8 Å². The van der Waals surface area contributed by atoms with Crippen LogP contribution in [-0.2, 0) is 53.7 Å². The minimum Gasteiger partial charge on any atom is -0.744 e. The van der Waals surface area contributed by atoms with Crippen LogP contribution in [0.4, 0.5) is 0 Å². The van der Waals surface area contributed by atoms with Gasteiger partial charge < -0.3 is 13.3 Å². The van der Waals surface area contributed by atoms with Crippen molar-refractivity contribution in [2.75, 3.05) is 0 Å². The van der Waals surface area contributed by atoms with E-state index in [1.807, 2.05) is 0 Å². The smallest absolute Gasteiger partial charge is 0.744 e. The molecule has 0 fully saturated rings. The predicted molar refractivity (Wildman–Crippen MR) is 141 cm³/mol. The van der Waals surface area contributed by atoms with E-state index in [4.69, 9.17) is 4.18 Å². The largest absolute Gasteiger partial charge is 1.00 e. The number of hydrogen-bond donors (Lipinski definition) is 1. The molecule has 0 saturated heterocycles. The molecule has 0 bridgehead atoms. The summed E-state index contributed by atoms with van der Waals surface area (Å²) < 4.78 is 138. The fourth-order valence-corrected chi connectivity index (χ4v) is 10.9. The second-order valence-corrected chi connectivity index (χ2v) is 14.4. The topological polar surface area (TPSA) is 219 Å². The zero-order chi connectivity index (χ0) is 30.3. The molecule has 1 heterocycles. The molecule has 1 N–H and O–H groups in total. The van der Waals surface area contributed by atoms with Gasteiger partial charge in [-0.15, -0.1) is 0 Å². The van der Waals surface area contributed by atoms with Gasteiger partial charge in [-0.3, -0.25) is 4.55 Å². The molecule has 0 saturated carbocycles. The van der Waals surface area contributed by atoms with Crippen LogP contribution in [0.2, 0.25) is 0 Å². The maximum absolute atomic E-state index is 13.7. The molecular weight excluding hydrogens is 671 g/mol. The maximum Gasteiger partial charge on any atom is 1.00 e. The Kier molecular flexibility index (Phi) is 12.1. The van der Waals surface area contributed by atoms with Crippen molar-refractivity contribution in [2.45, 2.75) is 17.2 Å². The summed E-state index contributed by atoms with van der Waals surface area (Å²) in [6.07, 6.45) is -1.49. The Hall–Kier alpha value is -1.52. The molecule has 0 radical (unpaired) electrons. The third-order valence-corrected chi connectivity index (χ3v) is 11.8. The number of rotatable bonds is 10. The number of nitrogens with zero attached hydrogens (tertiary/aromatic N) is 2. The zero-order valence-electron chi connectivity index (χ0n) is 22.5. The third-order valence-electron chi connectivity index (χ3n) is 5.82. The average molecular weight is 691 g/mol. The van der Waals surface area contributed by atoms with E-state index < -0.39 is 83.8 Å². The SMILES string of the molecule is O=S(=O)(O)N1C(Cc2ccccc2)=C(Cc2ccccc2)N(S(=O)(=O)Oc2ccccc2)C1(S(=O)(=O)[O-])S(=O)(=O)[O-].[Na+].[Na+]. The van der Waals surface area contributed by atoms with Crippen LogP contribution in [0.3, 0.4) is 0 Å². The van der Waals surface area contributed by atoms with E-state index in [0.717, 1.165) is 12.1 Å². The first-order valence-corrected chi connectivity index (χ1v) is 16.9. The average Bonchev–Trinajstić information content (AvgIpc) is 3.18. The quantitative estimate of drug-likeness (QED) is 0.156. The van der Waals surface area contributed by atoms with E-state index in [2.05, 4.69) is 0 Å². The van der Waals surface area contributed by atoms with Crippen LogP contribution in [-0.4, -0.2) is 60.3 Å². The van der Waals surface area contributed by atoms with E-state index in [9.17, 15) is 47.3 Å². The molecule has 3 aromatic carbocycles. The Balaban J connectivity index is 0.00000323. The maximum atomic E-state index is 13.7. The Labute approximate surface area is 293 Å². The van der Waals surface area contributed by atoms with Gasteiger partial charge in [-0.2, -0.15) is 25.4 Å². The molecule has 3 aromatic rings. The van der Waals surface area contributed by atoms with Crippen LogP contribution in [0.5, 0.6) is 5.75 Å². The molecule has 0 aliphatic carbocycles. The fourth-order valence-electron chi connectivity index (χ4n) is 4.31. The first-order valence-electron chi connectivity index (χ1n) is 11.3. The molecule has 14 nitrogen and oxygen atoms in total. The molecule has 0 atom stereocenters. The molecule has 43 heavy (non-hydrogen) atoms. The Morgan fingerprint density at radius 1 is 0.605 bits per heavy atom. The van der Waals surface area contributed by atoms with Crippen LogP contribution in [0.25, 0.3) is 0 Å². The van der Waals surface area contributed by atoms with Gasteiger partial charge in [0.2, 0.25) is 0 Å². The third kappa shape index (κ3) is 7.49. The molecular formula is C23H20N2Na2O12S4. The summed E-state index contributed by atoms with van der Waals surface area (Å²) in [7, 11) is -25.8. The molecule has 20 heteroatoms. The minimum absolute atomic E-state index is 0. The van der Waals surface area contributed by atoms with Gasteiger partial charge in [0.05, 0.1) is 11.4 Å². The van der Waals surface area contributed by atoms with Crippen LogP contribution in [0, 0.1) is 0 Å². The van der Waals surface area contributed by atoms with Gasteiger partial charge in [0.1, 0.15) is 5.75 Å². The van der Waals surface area contributed by atoms with Crippen molar-refractivity contribution in [2.24, 2.45) is 0 Å². The first-order chi connectivity index (χ1) is 19.0. The molecule has 0 spiro atoms.